The van der Waals surface area contributed by atoms with Crippen LogP contribution in [0.15, 0.2) is 41.6 Å². The van der Waals surface area contributed by atoms with E-state index in [1.807, 2.05) is 13.0 Å². The number of benzene rings is 1. The Labute approximate surface area is 119 Å². The summed E-state index contributed by atoms with van der Waals surface area (Å²) in [7, 11) is 0. The van der Waals surface area contributed by atoms with Crippen LogP contribution in [-0.2, 0) is 14.9 Å². The first-order chi connectivity index (χ1) is 9.66. The first-order valence-electron chi connectivity index (χ1n) is 7.09. The minimum Gasteiger partial charge on any atom is -0.463 e. The van der Waals surface area contributed by atoms with Gasteiger partial charge < -0.3 is 10.5 Å². The second kappa shape index (κ2) is 4.82. The number of rotatable bonds is 2. The van der Waals surface area contributed by atoms with E-state index in [2.05, 4.69) is 30.4 Å². The number of carbonyl (C=O) groups excluding carboxylic acids is 1. The molecule has 2 N–H and O–H groups in total. The lowest BCUT2D eigenvalue weighted by atomic mass is 9.70. The lowest BCUT2D eigenvalue weighted by Gasteiger charge is -2.34. The number of allylic oxidation sites excluding steroid dienone is 2. The van der Waals surface area contributed by atoms with E-state index in [0.29, 0.717) is 30.7 Å². The molecule has 0 heterocycles. The molecule has 3 heteroatoms. The molecule has 1 atom stereocenters. The van der Waals surface area contributed by atoms with E-state index >= 15 is 0 Å². The summed E-state index contributed by atoms with van der Waals surface area (Å²) in [6.45, 7) is 2.21. The molecule has 0 bridgehead atoms. The van der Waals surface area contributed by atoms with E-state index in [9.17, 15) is 4.79 Å². The third kappa shape index (κ3) is 1.94. The number of nitrogens with two attached hydrogens (primary N) is 1. The summed E-state index contributed by atoms with van der Waals surface area (Å²) in [4.78, 5) is 11.9. The van der Waals surface area contributed by atoms with E-state index in [0.717, 1.165) is 6.42 Å². The van der Waals surface area contributed by atoms with Crippen molar-refractivity contribution in [3.05, 3.63) is 52.7 Å². The predicted molar refractivity (Wildman–Crippen MR) is 78.9 cm³/mol. The average Bonchev–Trinajstić information content (AvgIpc) is 2.78. The molecule has 1 aromatic carbocycles. The van der Waals surface area contributed by atoms with Gasteiger partial charge in [-0.1, -0.05) is 36.4 Å². The first kappa shape index (κ1) is 13.0. The normalized spacial score (nSPS) is 24.1. The van der Waals surface area contributed by atoms with Crippen LogP contribution in [-0.4, -0.2) is 12.6 Å². The van der Waals surface area contributed by atoms with Crippen LogP contribution in [0.2, 0.25) is 0 Å². The van der Waals surface area contributed by atoms with Gasteiger partial charge in [0.2, 0.25) is 0 Å². The summed E-state index contributed by atoms with van der Waals surface area (Å²) in [5.41, 5.74) is 10.1. The topological polar surface area (TPSA) is 52.3 Å². The van der Waals surface area contributed by atoms with Gasteiger partial charge in [0, 0.05) is 17.5 Å². The summed E-state index contributed by atoms with van der Waals surface area (Å²) in [6.07, 6.45) is 6.71. The fourth-order valence-electron chi connectivity index (χ4n) is 3.30. The highest BCUT2D eigenvalue weighted by molar-refractivity contribution is 5.89. The molecule has 1 aromatic rings. The van der Waals surface area contributed by atoms with Gasteiger partial charge >= 0.3 is 5.97 Å². The Morgan fingerprint density at radius 1 is 1.40 bits per heavy atom. The van der Waals surface area contributed by atoms with E-state index in [4.69, 9.17) is 10.5 Å². The Morgan fingerprint density at radius 3 is 2.95 bits per heavy atom. The van der Waals surface area contributed by atoms with Crippen molar-refractivity contribution < 1.29 is 9.53 Å². The second-order valence-corrected chi connectivity index (χ2v) is 5.48. The molecule has 104 valence electrons. The zero-order chi connectivity index (χ0) is 14.2. The lowest BCUT2D eigenvalue weighted by Crippen LogP contribution is -2.31. The van der Waals surface area contributed by atoms with Crippen molar-refractivity contribution in [2.24, 2.45) is 5.73 Å². The number of esters is 1. The number of carbonyl (C=O) groups is 1. The van der Waals surface area contributed by atoms with Crippen LogP contribution in [0.25, 0.3) is 6.08 Å². The Hall–Kier alpha value is -2.03. The van der Waals surface area contributed by atoms with Crippen molar-refractivity contribution >= 4 is 12.0 Å². The van der Waals surface area contributed by atoms with Gasteiger partial charge in [0.1, 0.15) is 0 Å². The average molecular weight is 269 g/mol. The van der Waals surface area contributed by atoms with Crippen molar-refractivity contribution in [3.8, 4) is 0 Å². The van der Waals surface area contributed by atoms with E-state index in [1.165, 1.54) is 11.1 Å². The quantitative estimate of drug-likeness (QED) is 0.840. The molecule has 0 radical (unpaired) electrons. The molecule has 0 amide bonds. The van der Waals surface area contributed by atoms with Gasteiger partial charge in [-0.15, -0.1) is 0 Å². The van der Waals surface area contributed by atoms with Gasteiger partial charge in [0.25, 0.3) is 0 Å². The Kier molecular flexibility index (Phi) is 3.13. The van der Waals surface area contributed by atoms with Gasteiger partial charge in [0.15, 0.2) is 0 Å². The molecular formula is C17H19NO2. The number of ether oxygens (including phenoxy) is 1. The Bertz CT molecular complexity index is 615. The Balaban J connectivity index is 1.92. The van der Waals surface area contributed by atoms with Gasteiger partial charge in [-0.2, -0.15) is 0 Å². The Morgan fingerprint density at radius 2 is 2.20 bits per heavy atom. The second-order valence-electron chi connectivity index (χ2n) is 5.48. The summed E-state index contributed by atoms with van der Waals surface area (Å²) in [5.74, 6) is -0.255. The van der Waals surface area contributed by atoms with Gasteiger partial charge in [-0.3, -0.25) is 0 Å². The smallest absolute Gasteiger partial charge is 0.335 e. The molecule has 2 aliphatic rings. The van der Waals surface area contributed by atoms with Crippen LogP contribution < -0.4 is 5.73 Å². The maximum atomic E-state index is 11.9. The minimum absolute atomic E-state index is 0.0311. The van der Waals surface area contributed by atoms with Crippen LogP contribution >= 0.6 is 0 Å². The minimum atomic E-state index is -0.255. The van der Waals surface area contributed by atoms with Crippen molar-refractivity contribution in [1.82, 2.24) is 0 Å². The molecular weight excluding hydrogens is 250 g/mol. The first-order valence-corrected chi connectivity index (χ1v) is 7.09. The summed E-state index contributed by atoms with van der Waals surface area (Å²) < 4.78 is 5.08. The van der Waals surface area contributed by atoms with Crippen LogP contribution in [0.3, 0.4) is 0 Å². The molecule has 0 saturated heterocycles. The fourth-order valence-corrected chi connectivity index (χ4v) is 3.30. The molecule has 0 fully saturated rings. The van der Waals surface area contributed by atoms with E-state index in [-0.39, 0.29) is 11.4 Å². The van der Waals surface area contributed by atoms with Gasteiger partial charge in [-0.25, -0.2) is 4.79 Å². The highest BCUT2D eigenvalue weighted by Gasteiger charge is 2.39. The molecule has 0 aromatic heterocycles. The SMILES string of the molecule is CCOC(=O)C1=C(N)CC2(C=Cc3ccccc32)CC1. The zero-order valence-electron chi connectivity index (χ0n) is 11.7. The van der Waals surface area contributed by atoms with Crippen molar-refractivity contribution in [3.63, 3.8) is 0 Å². The van der Waals surface area contributed by atoms with Crippen LogP contribution in [0.5, 0.6) is 0 Å². The van der Waals surface area contributed by atoms with Gasteiger partial charge in [-0.05, 0) is 30.9 Å². The summed E-state index contributed by atoms with van der Waals surface area (Å²) in [5, 5.41) is 0. The van der Waals surface area contributed by atoms with Crippen molar-refractivity contribution in [2.45, 2.75) is 31.6 Å². The number of hydrogen-bond donors (Lipinski definition) is 1. The molecule has 3 rings (SSSR count). The lowest BCUT2D eigenvalue weighted by molar-refractivity contribution is -0.138. The monoisotopic (exact) mass is 269 g/mol. The largest absolute Gasteiger partial charge is 0.463 e. The highest BCUT2D eigenvalue weighted by Crippen LogP contribution is 2.47. The number of fused-ring (bicyclic) bond motifs is 2. The third-order valence-corrected chi connectivity index (χ3v) is 4.32. The zero-order valence-corrected chi connectivity index (χ0v) is 11.7. The van der Waals surface area contributed by atoms with E-state index < -0.39 is 0 Å². The third-order valence-electron chi connectivity index (χ3n) is 4.32. The van der Waals surface area contributed by atoms with Crippen LogP contribution in [0, 0.1) is 0 Å². The maximum Gasteiger partial charge on any atom is 0.335 e. The molecule has 3 nitrogen and oxygen atoms in total. The summed E-state index contributed by atoms with van der Waals surface area (Å²) in [6, 6.07) is 8.40. The molecule has 1 spiro atoms. The molecule has 0 saturated carbocycles. The fraction of sp³-hybridized carbons (Fsp3) is 0.353. The summed E-state index contributed by atoms with van der Waals surface area (Å²) >= 11 is 0. The standard InChI is InChI=1S/C17H19NO2/c1-2-20-16(19)13-8-10-17(11-15(13)18)9-7-12-5-3-4-6-14(12)17/h3-7,9H,2,8,10-11,18H2,1H3. The maximum absolute atomic E-state index is 11.9. The van der Waals surface area contributed by atoms with Gasteiger partial charge in [0.05, 0.1) is 12.2 Å². The molecule has 2 aliphatic carbocycles. The van der Waals surface area contributed by atoms with Crippen molar-refractivity contribution in [1.29, 1.82) is 0 Å². The van der Waals surface area contributed by atoms with Crippen LogP contribution in [0.1, 0.15) is 37.3 Å². The molecule has 1 unspecified atom stereocenters. The highest BCUT2D eigenvalue weighted by atomic mass is 16.5. The van der Waals surface area contributed by atoms with E-state index in [1.54, 1.807) is 0 Å². The predicted octanol–water partition coefficient (Wildman–Crippen LogP) is 2.91. The molecule has 0 aliphatic heterocycles. The number of hydrogen-bond acceptors (Lipinski definition) is 3. The van der Waals surface area contributed by atoms with Crippen LogP contribution in [0.4, 0.5) is 0 Å². The van der Waals surface area contributed by atoms with Crippen molar-refractivity contribution in [2.75, 3.05) is 6.61 Å². The molecule has 20 heavy (non-hydrogen) atoms.